The zero-order valence-electron chi connectivity index (χ0n) is 19.4. The minimum Gasteiger partial charge on any atom is -0.448 e. The molecule has 5 heteroatoms. The standard InChI is InChI=1S/C25H45N3O2/c1-2-3-4-5-6-7-8-9-10-11-12-13-14-15-18-27-24(29)23-21-30-25(28-23)22-16-19-26-20-17-22/h21-22,26H,2-20H2,1H3,(H,27,29). The lowest BCUT2D eigenvalue weighted by atomic mass is 9.98. The fourth-order valence-corrected chi connectivity index (χ4v) is 4.26. The number of nitrogens with one attached hydrogen (secondary N) is 2. The highest BCUT2D eigenvalue weighted by Gasteiger charge is 2.21. The SMILES string of the molecule is CCCCCCCCCCCCCCCCNC(=O)c1coc(C2CCNCC2)n1. The van der Waals surface area contributed by atoms with E-state index >= 15 is 0 Å². The van der Waals surface area contributed by atoms with E-state index in [0.29, 0.717) is 11.6 Å². The average Bonchev–Trinajstić information content (AvgIpc) is 3.27. The van der Waals surface area contributed by atoms with Crippen molar-refractivity contribution >= 4 is 5.91 Å². The summed E-state index contributed by atoms with van der Waals surface area (Å²) in [7, 11) is 0. The first-order valence-corrected chi connectivity index (χ1v) is 12.8. The van der Waals surface area contributed by atoms with E-state index in [-0.39, 0.29) is 5.91 Å². The summed E-state index contributed by atoms with van der Waals surface area (Å²) in [4.78, 5) is 16.6. The molecule has 0 saturated carbocycles. The molecule has 0 radical (unpaired) electrons. The smallest absolute Gasteiger partial charge is 0.273 e. The molecule has 1 aromatic rings. The highest BCUT2D eigenvalue weighted by Crippen LogP contribution is 2.24. The molecule has 0 spiro atoms. The lowest BCUT2D eigenvalue weighted by molar-refractivity contribution is 0.0948. The Balaban J connectivity index is 1.38. The molecule has 1 saturated heterocycles. The minimum absolute atomic E-state index is 0.103. The normalized spacial score (nSPS) is 14.8. The molecule has 1 fully saturated rings. The van der Waals surface area contributed by atoms with Crippen LogP contribution in [-0.4, -0.2) is 30.5 Å². The molecule has 0 bridgehead atoms. The van der Waals surface area contributed by atoms with Gasteiger partial charge in [-0.3, -0.25) is 4.79 Å². The van der Waals surface area contributed by atoms with Gasteiger partial charge in [-0.05, 0) is 32.4 Å². The molecule has 2 N–H and O–H groups in total. The number of oxazole rings is 1. The Morgan fingerprint density at radius 2 is 1.47 bits per heavy atom. The van der Waals surface area contributed by atoms with E-state index in [0.717, 1.165) is 44.8 Å². The molecule has 1 amide bonds. The van der Waals surface area contributed by atoms with Crippen LogP contribution in [0.25, 0.3) is 0 Å². The van der Waals surface area contributed by atoms with E-state index in [1.165, 1.54) is 89.7 Å². The summed E-state index contributed by atoms with van der Waals surface area (Å²) >= 11 is 0. The third-order valence-electron chi connectivity index (χ3n) is 6.26. The number of nitrogens with zero attached hydrogens (tertiary/aromatic N) is 1. The molecule has 172 valence electrons. The zero-order valence-corrected chi connectivity index (χ0v) is 19.4. The summed E-state index contributed by atoms with van der Waals surface area (Å²) in [5.41, 5.74) is 0.425. The number of piperidine rings is 1. The lowest BCUT2D eigenvalue weighted by Gasteiger charge is -2.19. The van der Waals surface area contributed by atoms with Crippen molar-refractivity contribution < 1.29 is 9.21 Å². The average molecular weight is 420 g/mol. The van der Waals surface area contributed by atoms with Crippen molar-refractivity contribution in [2.24, 2.45) is 0 Å². The molecule has 0 unspecified atom stereocenters. The van der Waals surface area contributed by atoms with Gasteiger partial charge in [-0.15, -0.1) is 0 Å². The van der Waals surface area contributed by atoms with Crippen LogP contribution in [-0.2, 0) is 0 Å². The van der Waals surface area contributed by atoms with Gasteiger partial charge in [0.05, 0.1) is 0 Å². The summed E-state index contributed by atoms with van der Waals surface area (Å²) < 4.78 is 5.55. The molecule has 5 nitrogen and oxygen atoms in total. The van der Waals surface area contributed by atoms with E-state index in [1.54, 1.807) is 0 Å². The number of rotatable bonds is 17. The van der Waals surface area contributed by atoms with Crippen molar-refractivity contribution in [1.82, 2.24) is 15.6 Å². The van der Waals surface area contributed by atoms with E-state index in [9.17, 15) is 4.79 Å². The van der Waals surface area contributed by atoms with Crippen LogP contribution in [0.1, 0.15) is 132 Å². The monoisotopic (exact) mass is 419 g/mol. The van der Waals surface area contributed by atoms with Crippen molar-refractivity contribution in [1.29, 1.82) is 0 Å². The van der Waals surface area contributed by atoms with Crippen molar-refractivity contribution in [2.75, 3.05) is 19.6 Å². The van der Waals surface area contributed by atoms with Gasteiger partial charge < -0.3 is 15.1 Å². The number of hydrogen-bond donors (Lipinski definition) is 2. The minimum atomic E-state index is -0.103. The van der Waals surface area contributed by atoms with Crippen LogP contribution in [0.15, 0.2) is 10.7 Å². The second kappa shape index (κ2) is 16.3. The van der Waals surface area contributed by atoms with Gasteiger partial charge in [-0.25, -0.2) is 4.98 Å². The predicted octanol–water partition coefficient (Wildman–Crippen LogP) is 6.35. The maximum absolute atomic E-state index is 12.2. The summed E-state index contributed by atoms with van der Waals surface area (Å²) in [6, 6.07) is 0. The Bertz CT molecular complexity index is 552. The van der Waals surface area contributed by atoms with Crippen molar-refractivity contribution in [3.8, 4) is 0 Å². The topological polar surface area (TPSA) is 67.2 Å². The maximum atomic E-state index is 12.2. The first kappa shape index (κ1) is 24.9. The molecule has 0 atom stereocenters. The van der Waals surface area contributed by atoms with Gasteiger partial charge in [0.15, 0.2) is 11.6 Å². The van der Waals surface area contributed by atoms with Crippen LogP contribution >= 0.6 is 0 Å². The summed E-state index contributed by atoms with van der Waals surface area (Å²) in [5.74, 6) is 0.963. The predicted molar refractivity (Wildman–Crippen MR) is 124 cm³/mol. The van der Waals surface area contributed by atoms with Gasteiger partial charge in [0.1, 0.15) is 6.26 Å². The Labute approximate surface area is 184 Å². The number of carbonyl (C=O) groups is 1. The molecule has 1 aliphatic rings. The summed E-state index contributed by atoms with van der Waals surface area (Å²) in [5, 5.41) is 6.32. The highest BCUT2D eigenvalue weighted by molar-refractivity contribution is 5.91. The number of carbonyl (C=O) groups excluding carboxylic acids is 1. The molecule has 1 aromatic heterocycles. The molecule has 2 heterocycles. The van der Waals surface area contributed by atoms with Crippen LogP contribution < -0.4 is 10.6 Å². The molecular weight excluding hydrogens is 374 g/mol. The number of aromatic nitrogens is 1. The Morgan fingerprint density at radius 3 is 2.03 bits per heavy atom. The zero-order chi connectivity index (χ0) is 21.3. The van der Waals surface area contributed by atoms with Crippen LogP contribution in [0.5, 0.6) is 0 Å². The van der Waals surface area contributed by atoms with Crippen molar-refractivity contribution in [2.45, 2.75) is 116 Å². The fraction of sp³-hybridized carbons (Fsp3) is 0.840. The van der Waals surface area contributed by atoms with Crippen LogP contribution in [0.2, 0.25) is 0 Å². The van der Waals surface area contributed by atoms with Gasteiger partial charge in [0.25, 0.3) is 5.91 Å². The van der Waals surface area contributed by atoms with Crippen LogP contribution in [0.3, 0.4) is 0 Å². The fourth-order valence-electron chi connectivity index (χ4n) is 4.26. The Hall–Kier alpha value is -1.36. The van der Waals surface area contributed by atoms with E-state index in [4.69, 9.17) is 4.42 Å². The summed E-state index contributed by atoms with van der Waals surface area (Å²) in [6.45, 7) is 4.99. The highest BCUT2D eigenvalue weighted by atomic mass is 16.3. The third kappa shape index (κ3) is 10.6. The molecule has 2 rings (SSSR count). The quantitative estimate of drug-likeness (QED) is 0.289. The van der Waals surface area contributed by atoms with Crippen molar-refractivity contribution in [3.63, 3.8) is 0 Å². The second-order valence-corrected chi connectivity index (χ2v) is 8.95. The van der Waals surface area contributed by atoms with Crippen LogP contribution in [0.4, 0.5) is 0 Å². The van der Waals surface area contributed by atoms with E-state index in [2.05, 4.69) is 22.5 Å². The van der Waals surface area contributed by atoms with Gasteiger partial charge in [-0.1, -0.05) is 90.4 Å². The van der Waals surface area contributed by atoms with Gasteiger partial charge in [-0.2, -0.15) is 0 Å². The van der Waals surface area contributed by atoms with Gasteiger partial charge in [0, 0.05) is 12.5 Å². The van der Waals surface area contributed by atoms with Crippen LogP contribution in [0, 0.1) is 0 Å². The number of hydrogen-bond acceptors (Lipinski definition) is 4. The van der Waals surface area contributed by atoms with Gasteiger partial charge >= 0.3 is 0 Å². The molecule has 30 heavy (non-hydrogen) atoms. The number of amides is 1. The third-order valence-corrected chi connectivity index (χ3v) is 6.26. The Morgan fingerprint density at radius 1 is 0.933 bits per heavy atom. The Kier molecular flexibility index (Phi) is 13.6. The van der Waals surface area contributed by atoms with Gasteiger partial charge in [0.2, 0.25) is 0 Å². The molecule has 1 aliphatic heterocycles. The molecular formula is C25H45N3O2. The largest absolute Gasteiger partial charge is 0.448 e. The first-order valence-electron chi connectivity index (χ1n) is 12.8. The number of unbranched alkanes of at least 4 members (excludes halogenated alkanes) is 13. The summed E-state index contributed by atoms with van der Waals surface area (Å²) in [6.07, 6.45) is 22.4. The van der Waals surface area contributed by atoms with E-state index in [1.807, 2.05) is 0 Å². The van der Waals surface area contributed by atoms with E-state index < -0.39 is 0 Å². The molecule has 0 aliphatic carbocycles. The van der Waals surface area contributed by atoms with Crippen molar-refractivity contribution in [3.05, 3.63) is 17.8 Å². The molecule has 0 aromatic carbocycles. The lowest BCUT2D eigenvalue weighted by Crippen LogP contribution is -2.27. The first-order chi connectivity index (χ1) is 14.8. The maximum Gasteiger partial charge on any atom is 0.273 e. The second-order valence-electron chi connectivity index (χ2n) is 8.95.